The predicted molar refractivity (Wildman–Crippen MR) is 40.8 cm³/mol. The summed E-state index contributed by atoms with van der Waals surface area (Å²) in [5.41, 5.74) is 0. The van der Waals surface area contributed by atoms with Crippen molar-refractivity contribution in [2.24, 2.45) is 0 Å². The molecule has 0 fully saturated rings. The van der Waals surface area contributed by atoms with Crippen LogP contribution >= 0.6 is 0 Å². The number of hydrogen-bond donors (Lipinski definition) is 0. The average molecular weight is 156 g/mol. The van der Waals surface area contributed by atoms with Gasteiger partial charge in [-0.15, -0.1) is 6.58 Å². The molecule has 0 aromatic carbocycles. The van der Waals surface area contributed by atoms with Gasteiger partial charge < -0.3 is 4.74 Å². The second-order valence-corrected chi connectivity index (χ2v) is 2.09. The molecular weight excluding hydrogens is 144 g/mol. The number of carbonyl (C=O) groups is 2. The van der Waals surface area contributed by atoms with Crippen LogP contribution < -0.4 is 0 Å². The first-order valence-corrected chi connectivity index (χ1v) is 3.55. The zero-order valence-electron chi connectivity index (χ0n) is 6.63. The van der Waals surface area contributed by atoms with Crippen LogP contribution in [0, 0.1) is 0 Å². The fraction of sp³-hybridized carbons (Fsp3) is 0.500. The van der Waals surface area contributed by atoms with Gasteiger partial charge in [-0.25, -0.2) is 0 Å². The fourth-order valence-electron chi connectivity index (χ4n) is 0.542. The highest BCUT2D eigenvalue weighted by Crippen LogP contribution is 1.94. The van der Waals surface area contributed by atoms with E-state index in [0.717, 1.165) is 0 Å². The van der Waals surface area contributed by atoms with E-state index in [2.05, 4.69) is 11.3 Å². The van der Waals surface area contributed by atoms with Gasteiger partial charge in [-0.3, -0.25) is 9.59 Å². The van der Waals surface area contributed by atoms with Gasteiger partial charge in [-0.1, -0.05) is 13.0 Å². The molecule has 0 aliphatic carbocycles. The summed E-state index contributed by atoms with van der Waals surface area (Å²) in [7, 11) is 0. The van der Waals surface area contributed by atoms with Crippen molar-refractivity contribution in [1.29, 1.82) is 0 Å². The van der Waals surface area contributed by atoms with Crippen LogP contribution in [0.5, 0.6) is 0 Å². The molecule has 0 unspecified atom stereocenters. The van der Waals surface area contributed by atoms with Crippen molar-refractivity contribution < 1.29 is 14.3 Å². The van der Waals surface area contributed by atoms with E-state index < -0.39 is 11.9 Å². The Balaban J connectivity index is 3.57. The molecule has 0 atom stereocenters. The zero-order valence-corrected chi connectivity index (χ0v) is 6.63. The lowest BCUT2D eigenvalue weighted by Crippen LogP contribution is -2.10. The van der Waals surface area contributed by atoms with Crippen LogP contribution in [-0.4, -0.2) is 11.9 Å². The van der Waals surface area contributed by atoms with Crippen LogP contribution in [0.1, 0.15) is 26.2 Å². The van der Waals surface area contributed by atoms with Gasteiger partial charge in [0.2, 0.25) is 0 Å². The Morgan fingerprint density at radius 2 is 2.09 bits per heavy atom. The number of hydrogen-bond acceptors (Lipinski definition) is 3. The van der Waals surface area contributed by atoms with Crippen LogP contribution in [0.3, 0.4) is 0 Å². The zero-order chi connectivity index (χ0) is 8.69. The second-order valence-electron chi connectivity index (χ2n) is 2.09. The molecule has 11 heavy (non-hydrogen) atoms. The third kappa shape index (κ3) is 5.33. The van der Waals surface area contributed by atoms with Crippen molar-refractivity contribution in [1.82, 2.24) is 0 Å². The van der Waals surface area contributed by atoms with Crippen molar-refractivity contribution in [3.05, 3.63) is 12.7 Å². The highest BCUT2D eigenvalue weighted by Gasteiger charge is 2.06. The second kappa shape index (κ2) is 5.65. The summed E-state index contributed by atoms with van der Waals surface area (Å²) < 4.78 is 4.38. The number of carbonyl (C=O) groups excluding carboxylic acids is 2. The maximum atomic E-state index is 10.7. The van der Waals surface area contributed by atoms with Crippen molar-refractivity contribution in [2.75, 3.05) is 0 Å². The minimum atomic E-state index is -0.529. The topological polar surface area (TPSA) is 43.4 Å². The van der Waals surface area contributed by atoms with Crippen molar-refractivity contribution in [3.8, 4) is 0 Å². The lowest BCUT2D eigenvalue weighted by molar-refractivity contribution is -0.158. The molecule has 0 saturated carbocycles. The minimum absolute atomic E-state index is 0.0927. The summed E-state index contributed by atoms with van der Waals surface area (Å²) in [6, 6.07) is 0. The maximum absolute atomic E-state index is 10.7. The lowest BCUT2D eigenvalue weighted by Gasteiger charge is -1.97. The molecule has 0 aliphatic heterocycles. The molecule has 0 aliphatic rings. The largest absolute Gasteiger partial charge is 0.393 e. The number of esters is 2. The Morgan fingerprint density at radius 3 is 2.55 bits per heavy atom. The summed E-state index contributed by atoms with van der Waals surface area (Å²) in [6.45, 7) is 5.19. The molecule has 62 valence electrons. The Hall–Kier alpha value is -1.12. The van der Waals surface area contributed by atoms with Crippen LogP contribution in [0.25, 0.3) is 0 Å². The van der Waals surface area contributed by atoms with E-state index >= 15 is 0 Å². The smallest absolute Gasteiger partial charge is 0.317 e. The van der Waals surface area contributed by atoms with Crippen molar-refractivity contribution in [2.45, 2.75) is 26.2 Å². The Labute approximate surface area is 66.0 Å². The average Bonchev–Trinajstić information content (AvgIpc) is 1.87. The highest BCUT2D eigenvalue weighted by atomic mass is 16.6. The summed E-state index contributed by atoms with van der Waals surface area (Å²) in [4.78, 5) is 21.3. The highest BCUT2D eigenvalue weighted by molar-refractivity contribution is 5.85. The summed E-state index contributed by atoms with van der Waals surface area (Å²) in [5.74, 6) is -0.988. The van der Waals surface area contributed by atoms with Gasteiger partial charge in [-0.2, -0.15) is 0 Å². The number of rotatable bonds is 4. The van der Waals surface area contributed by atoms with Gasteiger partial charge in [0.1, 0.15) is 0 Å². The van der Waals surface area contributed by atoms with E-state index in [1.54, 1.807) is 0 Å². The third-order valence-electron chi connectivity index (χ3n) is 0.993. The van der Waals surface area contributed by atoms with Crippen LogP contribution in [-0.2, 0) is 14.3 Å². The van der Waals surface area contributed by atoms with Crippen LogP contribution in [0.2, 0.25) is 0 Å². The Bertz CT molecular complexity index is 161. The van der Waals surface area contributed by atoms with E-state index in [-0.39, 0.29) is 6.42 Å². The SMILES string of the molecule is C=CCC(=O)OC(=O)CCC. The number of ether oxygens (including phenoxy) is 1. The minimum Gasteiger partial charge on any atom is -0.393 e. The van der Waals surface area contributed by atoms with Gasteiger partial charge in [0, 0.05) is 6.42 Å². The lowest BCUT2D eigenvalue weighted by atomic mass is 10.3. The van der Waals surface area contributed by atoms with Gasteiger partial charge in [0.05, 0.1) is 6.42 Å². The van der Waals surface area contributed by atoms with Gasteiger partial charge >= 0.3 is 11.9 Å². The predicted octanol–water partition coefficient (Wildman–Crippen LogP) is 1.43. The van der Waals surface area contributed by atoms with Gasteiger partial charge in [0.25, 0.3) is 0 Å². The molecule has 0 radical (unpaired) electrons. The fourth-order valence-corrected chi connectivity index (χ4v) is 0.542. The van der Waals surface area contributed by atoms with E-state index in [1.165, 1.54) is 6.08 Å². The maximum Gasteiger partial charge on any atom is 0.317 e. The first-order valence-electron chi connectivity index (χ1n) is 3.55. The monoisotopic (exact) mass is 156 g/mol. The molecule has 0 heterocycles. The van der Waals surface area contributed by atoms with Gasteiger partial charge in [0.15, 0.2) is 0 Å². The van der Waals surface area contributed by atoms with Gasteiger partial charge in [-0.05, 0) is 6.42 Å². The standard InChI is InChI=1S/C8H12O3/c1-3-5-7(9)11-8(10)6-4-2/h3H,1,4-6H2,2H3. The molecule has 3 heteroatoms. The molecule has 0 rings (SSSR count). The molecule has 0 bridgehead atoms. The Kier molecular flexibility index (Phi) is 5.07. The molecular formula is C8H12O3. The van der Waals surface area contributed by atoms with Crippen LogP contribution in [0.15, 0.2) is 12.7 Å². The first-order chi connectivity index (χ1) is 5.20. The normalized spacial score (nSPS) is 8.82. The summed E-state index contributed by atoms with van der Waals surface area (Å²) in [5, 5.41) is 0. The Morgan fingerprint density at radius 1 is 1.45 bits per heavy atom. The molecule has 0 aromatic heterocycles. The summed E-state index contributed by atoms with van der Waals surface area (Å²) in [6.07, 6.45) is 2.49. The van der Waals surface area contributed by atoms with Crippen LogP contribution in [0.4, 0.5) is 0 Å². The van der Waals surface area contributed by atoms with E-state index in [1.807, 2.05) is 6.92 Å². The molecule has 0 amide bonds. The first kappa shape index (κ1) is 9.88. The molecule has 0 N–H and O–H groups in total. The van der Waals surface area contributed by atoms with E-state index in [9.17, 15) is 9.59 Å². The van der Waals surface area contributed by atoms with Crippen molar-refractivity contribution >= 4 is 11.9 Å². The molecule has 0 spiro atoms. The van der Waals surface area contributed by atoms with E-state index in [0.29, 0.717) is 12.8 Å². The summed E-state index contributed by atoms with van der Waals surface area (Å²) >= 11 is 0. The van der Waals surface area contributed by atoms with E-state index in [4.69, 9.17) is 0 Å². The third-order valence-corrected chi connectivity index (χ3v) is 0.993. The molecule has 3 nitrogen and oxygen atoms in total. The van der Waals surface area contributed by atoms with Crippen molar-refractivity contribution in [3.63, 3.8) is 0 Å². The molecule has 0 aromatic rings. The quantitative estimate of drug-likeness (QED) is 0.351. The molecule has 0 saturated heterocycles.